The molecule has 3 aromatic rings. The average Bonchev–Trinajstić information content (AvgIpc) is 3.53. The molecule has 12 heteroatoms. The molecule has 0 saturated carbocycles. The summed E-state index contributed by atoms with van der Waals surface area (Å²) < 4.78 is 27.4. The van der Waals surface area contributed by atoms with Crippen LogP contribution >= 0.6 is 0 Å². The molecule has 0 aliphatic carbocycles. The molecule has 232 valence electrons. The van der Waals surface area contributed by atoms with Gasteiger partial charge in [-0.1, -0.05) is 36.4 Å². The molecule has 0 spiro atoms. The number of carbonyl (C=O) groups is 3. The highest BCUT2D eigenvalue weighted by atomic mass is 32.2. The van der Waals surface area contributed by atoms with Crippen LogP contribution in [0.25, 0.3) is 0 Å². The number of hydrogen-bond acceptors (Lipinski definition) is 7. The van der Waals surface area contributed by atoms with Gasteiger partial charge in [0.2, 0.25) is 21.8 Å². The third-order valence-corrected chi connectivity index (χ3v) is 9.86. The first kappa shape index (κ1) is 31.1. The summed E-state index contributed by atoms with van der Waals surface area (Å²) in [5.74, 6) is -1.05. The number of carboxylic acid groups (broad SMARTS) is 1. The highest BCUT2D eigenvalue weighted by molar-refractivity contribution is 7.89. The average molecular weight is 620 g/mol. The lowest BCUT2D eigenvalue weighted by Gasteiger charge is -2.25. The summed E-state index contributed by atoms with van der Waals surface area (Å²) in [4.78, 5) is 42.4. The molecule has 2 aliphatic rings. The number of benzene rings is 2. The number of rotatable bonds is 12. The van der Waals surface area contributed by atoms with Gasteiger partial charge in [0.05, 0.1) is 4.90 Å². The van der Waals surface area contributed by atoms with Gasteiger partial charge in [-0.25, -0.2) is 18.2 Å². The monoisotopic (exact) mass is 619 g/mol. The first-order valence-corrected chi connectivity index (χ1v) is 16.4. The van der Waals surface area contributed by atoms with Crippen molar-refractivity contribution in [1.29, 1.82) is 0 Å². The Hall–Kier alpha value is -4.29. The molecule has 1 fully saturated rings. The van der Waals surface area contributed by atoms with Crippen LogP contribution < -0.4 is 16.0 Å². The van der Waals surface area contributed by atoms with Gasteiger partial charge in [0.25, 0.3) is 0 Å². The van der Waals surface area contributed by atoms with Crippen LogP contribution in [-0.4, -0.2) is 65.8 Å². The molecular formula is C32H37N5O6S. The fraction of sp³-hybridized carbons (Fsp3) is 0.375. The Bertz CT molecular complexity index is 1600. The zero-order valence-corrected chi connectivity index (χ0v) is 25.2. The number of sulfonamides is 1. The number of carboxylic acids is 1. The lowest BCUT2D eigenvalue weighted by Crippen LogP contribution is -2.51. The molecule has 1 saturated heterocycles. The van der Waals surface area contributed by atoms with E-state index in [2.05, 4.69) is 27.0 Å². The number of nitrogens with zero attached hydrogens (tertiary/aromatic N) is 2. The molecule has 0 unspecified atom stereocenters. The van der Waals surface area contributed by atoms with E-state index in [9.17, 15) is 27.9 Å². The number of fused-ring (bicyclic) bond motifs is 1. The van der Waals surface area contributed by atoms with Crippen LogP contribution in [0.2, 0.25) is 0 Å². The summed E-state index contributed by atoms with van der Waals surface area (Å²) in [6.07, 6.45) is 4.62. The number of nitrogens with one attached hydrogen (secondary N) is 3. The smallest absolute Gasteiger partial charge is 0.326 e. The van der Waals surface area contributed by atoms with Crippen LogP contribution in [0.15, 0.2) is 71.6 Å². The van der Waals surface area contributed by atoms with E-state index >= 15 is 0 Å². The highest BCUT2D eigenvalue weighted by Crippen LogP contribution is 2.26. The van der Waals surface area contributed by atoms with E-state index in [0.717, 1.165) is 35.2 Å². The first-order chi connectivity index (χ1) is 21.2. The van der Waals surface area contributed by atoms with Crippen molar-refractivity contribution in [3.8, 4) is 0 Å². The summed E-state index contributed by atoms with van der Waals surface area (Å²) in [5.41, 5.74) is 3.41. The summed E-state index contributed by atoms with van der Waals surface area (Å²) in [5, 5.41) is 18.5. The number of carbonyl (C=O) groups excluding carboxylic acids is 2. The Morgan fingerprint density at radius 3 is 2.55 bits per heavy atom. The van der Waals surface area contributed by atoms with E-state index in [0.29, 0.717) is 43.4 Å². The molecule has 4 N–H and O–H groups in total. The maximum Gasteiger partial charge on any atom is 0.326 e. The van der Waals surface area contributed by atoms with Crippen molar-refractivity contribution in [2.45, 2.75) is 68.3 Å². The van der Waals surface area contributed by atoms with Crippen molar-refractivity contribution in [1.82, 2.24) is 14.6 Å². The van der Waals surface area contributed by atoms with Crippen molar-refractivity contribution >= 4 is 39.3 Å². The minimum atomic E-state index is -3.90. The Labute approximate surface area is 257 Å². The second kappa shape index (κ2) is 14.0. The lowest BCUT2D eigenvalue weighted by molar-refractivity contribution is -0.142. The Balaban J connectivity index is 1.12. The molecule has 1 aromatic heterocycles. The molecular weight excluding hydrogens is 582 g/mol. The largest absolute Gasteiger partial charge is 0.480 e. The van der Waals surface area contributed by atoms with E-state index in [4.69, 9.17) is 0 Å². The van der Waals surface area contributed by atoms with Crippen LogP contribution in [0.5, 0.6) is 0 Å². The first-order valence-electron chi connectivity index (χ1n) is 14.9. The third-order valence-electron chi connectivity index (χ3n) is 7.94. The van der Waals surface area contributed by atoms with Crippen molar-refractivity contribution in [3.63, 3.8) is 0 Å². The van der Waals surface area contributed by atoms with Gasteiger partial charge in [0, 0.05) is 37.3 Å². The molecule has 2 atom stereocenters. The molecule has 0 bridgehead atoms. The zero-order valence-electron chi connectivity index (χ0n) is 24.4. The molecule has 2 amide bonds. The molecule has 3 heterocycles. The molecule has 44 heavy (non-hydrogen) atoms. The van der Waals surface area contributed by atoms with E-state index in [-0.39, 0.29) is 23.8 Å². The number of anilines is 2. The Kier molecular flexibility index (Phi) is 9.91. The molecule has 2 aliphatic heterocycles. The van der Waals surface area contributed by atoms with Gasteiger partial charge in [-0.3, -0.25) is 9.59 Å². The molecule has 5 rings (SSSR count). The van der Waals surface area contributed by atoms with E-state index in [1.807, 2.05) is 6.07 Å². The van der Waals surface area contributed by atoms with Crippen molar-refractivity contribution in [3.05, 3.63) is 83.6 Å². The summed E-state index contributed by atoms with van der Waals surface area (Å²) >= 11 is 0. The van der Waals surface area contributed by atoms with Gasteiger partial charge in [-0.05, 0) is 80.0 Å². The number of hydrogen-bond donors (Lipinski definition) is 4. The van der Waals surface area contributed by atoms with Crippen LogP contribution in [0, 0.1) is 0 Å². The fourth-order valence-electron chi connectivity index (χ4n) is 5.61. The Morgan fingerprint density at radius 1 is 1.02 bits per heavy atom. The molecule has 0 radical (unpaired) electrons. The second-order valence-electron chi connectivity index (χ2n) is 11.1. The van der Waals surface area contributed by atoms with Crippen LogP contribution in [0.3, 0.4) is 0 Å². The fourth-order valence-corrected chi connectivity index (χ4v) is 7.28. The van der Waals surface area contributed by atoms with Crippen LogP contribution in [0.1, 0.15) is 48.9 Å². The number of pyridine rings is 1. The van der Waals surface area contributed by atoms with Gasteiger partial charge in [-0.15, -0.1) is 0 Å². The predicted molar refractivity (Wildman–Crippen MR) is 166 cm³/mol. The van der Waals surface area contributed by atoms with Gasteiger partial charge < -0.3 is 21.1 Å². The zero-order chi connectivity index (χ0) is 31.1. The Morgan fingerprint density at radius 2 is 1.80 bits per heavy atom. The van der Waals surface area contributed by atoms with E-state index in [1.54, 1.807) is 42.5 Å². The minimum absolute atomic E-state index is 0.00388. The maximum absolute atomic E-state index is 13.1. The van der Waals surface area contributed by atoms with Gasteiger partial charge in [0.15, 0.2) is 0 Å². The normalized spacial score (nSPS) is 17.2. The summed E-state index contributed by atoms with van der Waals surface area (Å²) in [7, 11) is -3.90. The number of aliphatic carboxylic acids is 1. The number of aromatic nitrogens is 1. The van der Waals surface area contributed by atoms with Crippen molar-refractivity contribution in [2.24, 2.45) is 0 Å². The topological polar surface area (TPSA) is 158 Å². The molecule has 2 aromatic carbocycles. The minimum Gasteiger partial charge on any atom is -0.480 e. The second-order valence-corrected chi connectivity index (χ2v) is 13.0. The summed E-state index contributed by atoms with van der Waals surface area (Å²) in [6, 6.07) is 16.5. The van der Waals surface area contributed by atoms with Crippen LogP contribution in [0.4, 0.5) is 11.5 Å². The van der Waals surface area contributed by atoms with Crippen LogP contribution in [-0.2, 0) is 43.7 Å². The maximum atomic E-state index is 13.1. The SMILES string of the molecule is O=C(CCCc1ccc2c(n1)NCCC2)Nc1ccc(C[C@H](NC(=O)[C@@H]2CCCN2S(=O)(=O)c2ccccc2)C(=O)O)cc1. The van der Waals surface area contributed by atoms with Crippen molar-refractivity contribution < 1.29 is 27.9 Å². The highest BCUT2D eigenvalue weighted by Gasteiger charge is 2.40. The standard InChI is InChI=1S/C32H37N5O6S/c38-29(12-4-8-24-18-15-23-7-5-19-33-30(23)35-24)34-25-16-13-22(14-17-25)21-27(32(40)41)36-31(39)28-11-6-20-37(28)44(42,43)26-9-2-1-3-10-26/h1-3,9-10,13-18,27-28H,4-8,11-12,19-21H2,(H,33,35)(H,34,38)(H,36,39)(H,40,41)/t27-,28-/m0/s1. The van der Waals surface area contributed by atoms with Gasteiger partial charge in [-0.2, -0.15) is 4.31 Å². The van der Waals surface area contributed by atoms with E-state index < -0.39 is 34.0 Å². The number of aryl methyl sites for hydroxylation is 2. The van der Waals surface area contributed by atoms with Crippen molar-refractivity contribution in [2.75, 3.05) is 23.7 Å². The molecule has 11 nitrogen and oxygen atoms in total. The van der Waals surface area contributed by atoms with E-state index in [1.165, 1.54) is 17.7 Å². The van der Waals surface area contributed by atoms with Gasteiger partial charge in [0.1, 0.15) is 17.9 Å². The lowest BCUT2D eigenvalue weighted by atomic mass is 10.0. The third kappa shape index (κ3) is 7.61. The van der Waals surface area contributed by atoms with Gasteiger partial charge >= 0.3 is 5.97 Å². The number of amides is 2. The quantitative estimate of drug-likeness (QED) is 0.240. The predicted octanol–water partition coefficient (Wildman–Crippen LogP) is 3.37. The summed E-state index contributed by atoms with van der Waals surface area (Å²) in [6.45, 7) is 1.11.